The summed E-state index contributed by atoms with van der Waals surface area (Å²) in [4.78, 5) is 0. The minimum Gasteiger partial charge on any atom is -0.277 e. The van der Waals surface area contributed by atoms with E-state index in [2.05, 4.69) is 76.3 Å². The smallest absolute Gasteiger partial charge is 0.262 e. The van der Waals surface area contributed by atoms with Gasteiger partial charge in [0.1, 0.15) is 4.70 Å². The molecule has 0 bridgehead atoms. The largest absolute Gasteiger partial charge is 0.277 e. The first kappa shape index (κ1) is 15.1. The molecule has 4 rings (SSSR count). The predicted molar refractivity (Wildman–Crippen MR) is 102 cm³/mol. The van der Waals surface area contributed by atoms with Crippen molar-refractivity contribution in [1.29, 1.82) is 0 Å². The molecule has 0 fully saturated rings. The van der Waals surface area contributed by atoms with Crippen molar-refractivity contribution in [3.05, 3.63) is 59.2 Å². The van der Waals surface area contributed by atoms with E-state index < -0.39 is 0 Å². The van der Waals surface area contributed by atoms with Crippen molar-refractivity contribution in [1.82, 2.24) is 10.2 Å². The lowest BCUT2D eigenvalue weighted by Gasteiger charge is -1.97. The van der Waals surface area contributed by atoms with Crippen LogP contribution in [0.25, 0.3) is 33.3 Å². The molecule has 120 valence electrons. The molecule has 0 saturated carbocycles. The number of nitrogens with zero attached hydrogens (tertiary/aromatic N) is 2. The molecule has 2 heterocycles. The Kier molecular flexibility index (Phi) is 4.13. The van der Waals surface area contributed by atoms with Crippen molar-refractivity contribution >= 4 is 44.6 Å². The molecular formula is C20H20N3S+. The number of aryl methyl sites for hydroxylation is 1. The summed E-state index contributed by atoms with van der Waals surface area (Å²) in [6.07, 6.45) is 8.69. The van der Waals surface area contributed by atoms with Gasteiger partial charge < -0.3 is 0 Å². The van der Waals surface area contributed by atoms with Gasteiger partial charge in [0, 0.05) is 29.5 Å². The van der Waals surface area contributed by atoms with E-state index in [9.17, 15) is 0 Å². The van der Waals surface area contributed by atoms with Gasteiger partial charge in [-0.25, -0.2) is 0 Å². The topological polar surface area (TPSA) is 32.6 Å². The van der Waals surface area contributed by atoms with Gasteiger partial charge in [-0.3, -0.25) is 5.10 Å². The number of thiazole rings is 1. The number of benzene rings is 2. The number of aromatic nitrogens is 3. The maximum absolute atomic E-state index is 4.15. The van der Waals surface area contributed by atoms with E-state index in [1.807, 2.05) is 17.5 Å². The molecule has 24 heavy (non-hydrogen) atoms. The van der Waals surface area contributed by atoms with Crippen LogP contribution in [-0.4, -0.2) is 10.2 Å². The second-order valence-electron chi connectivity index (χ2n) is 5.93. The molecule has 4 heteroatoms. The van der Waals surface area contributed by atoms with Gasteiger partial charge in [-0.05, 0) is 12.1 Å². The summed E-state index contributed by atoms with van der Waals surface area (Å²) in [5.41, 5.74) is 3.59. The average Bonchev–Trinajstić information content (AvgIpc) is 3.22. The van der Waals surface area contributed by atoms with Crippen LogP contribution in [0.5, 0.6) is 0 Å². The van der Waals surface area contributed by atoms with Crippen molar-refractivity contribution in [2.45, 2.75) is 26.3 Å². The quantitative estimate of drug-likeness (QED) is 0.510. The molecule has 0 atom stereocenters. The van der Waals surface area contributed by atoms with Crippen molar-refractivity contribution in [3.8, 4) is 0 Å². The summed E-state index contributed by atoms with van der Waals surface area (Å²) in [6, 6.07) is 14.9. The highest BCUT2D eigenvalue weighted by atomic mass is 32.1. The van der Waals surface area contributed by atoms with Crippen molar-refractivity contribution in [2.75, 3.05) is 0 Å². The minimum absolute atomic E-state index is 1.06. The van der Waals surface area contributed by atoms with Crippen LogP contribution in [0.1, 0.15) is 30.3 Å². The number of aromatic amines is 1. The van der Waals surface area contributed by atoms with Gasteiger partial charge in [-0.15, -0.1) is 0 Å². The molecule has 0 amide bonds. The highest BCUT2D eigenvalue weighted by Crippen LogP contribution is 2.23. The monoisotopic (exact) mass is 334 g/mol. The molecule has 0 aliphatic carbocycles. The number of rotatable bonds is 5. The van der Waals surface area contributed by atoms with Crippen LogP contribution in [0.3, 0.4) is 0 Å². The Labute approximate surface area is 145 Å². The molecule has 0 unspecified atom stereocenters. The van der Waals surface area contributed by atoms with E-state index >= 15 is 0 Å². The molecule has 2 aromatic carbocycles. The van der Waals surface area contributed by atoms with Crippen molar-refractivity contribution in [2.24, 2.45) is 0 Å². The lowest BCUT2D eigenvalue weighted by Crippen LogP contribution is -2.34. The highest BCUT2D eigenvalue weighted by Gasteiger charge is 2.17. The van der Waals surface area contributed by atoms with Crippen LogP contribution in [0.4, 0.5) is 0 Å². The lowest BCUT2D eigenvalue weighted by atomic mass is 10.1. The zero-order valence-electron chi connectivity index (χ0n) is 13.7. The van der Waals surface area contributed by atoms with Gasteiger partial charge in [0.2, 0.25) is 5.52 Å². The number of hydrogen-bond acceptors (Lipinski definition) is 2. The van der Waals surface area contributed by atoms with Gasteiger partial charge in [-0.2, -0.15) is 9.67 Å². The minimum atomic E-state index is 1.06. The Balaban J connectivity index is 1.77. The maximum Gasteiger partial charge on any atom is 0.262 e. The number of H-pyrrole nitrogens is 1. The van der Waals surface area contributed by atoms with Crippen LogP contribution in [0.2, 0.25) is 0 Å². The zero-order valence-corrected chi connectivity index (χ0v) is 14.5. The summed E-state index contributed by atoms with van der Waals surface area (Å²) < 4.78 is 3.78. The van der Waals surface area contributed by atoms with Crippen LogP contribution in [0.15, 0.2) is 48.7 Å². The molecule has 0 spiro atoms. The van der Waals surface area contributed by atoms with E-state index in [4.69, 9.17) is 0 Å². The van der Waals surface area contributed by atoms with Gasteiger partial charge >= 0.3 is 0 Å². The van der Waals surface area contributed by atoms with Gasteiger partial charge in [0.15, 0.2) is 6.54 Å². The molecule has 0 aliphatic rings. The number of para-hydroxylation sites is 2. The Hall–Kier alpha value is -2.46. The molecule has 0 saturated heterocycles. The summed E-state index contributed by atoms with van der Waals surface area (Å²) in [6.45, 7) is 3.30. The van der Waals surface area contributed by atoms with Crippen LogP contribution >= 0.6 is 11.3 Å². The Bertz CT molecular complexity index is 1010. The number of unbranched alkanes of at least 4 members (excludes halogenated alkanes) is 1. The predicted octanol–water partition coefficient (Wildman–Crippen LogP) is 5.04. The van der Waals surface area contributed by atoms with Crippen molar-refractivity contribution in [3.63, 3.8) is 0 Å². The Morgan fingerprint density at radius 1 is 1.12 bits per heavy atom. The first-order valence-electron chi connectivity index (χ1n) is 8.38. The molecule has 2 aromatic heterocycles. The fraction of sp³-hybridized carbons (Fsp3) is 0.200. The van der Waals surface area contributed by atoms with Gasteiger partial charge in [0.25, 0.3) is 5.01 Å². The summed E-state index contributed by atoms with van der Waals surface area (Å²) in [7, 11) is 0. The van der Waals surface area contributed by atoms with E-state index in [0.717, 1.165) is 17.4 Å². The number of nitrogens with one attached hydrogen (secondary N) is 1. The molecule has 0 radical (unpaired) electrons. The molecule has 3 nitrogen and oxygen atoms in total. The molecular weight excluding hydrogens is 314 g/mol. The van der Waals surface area contributed by atoms with Crippen LogP contribution in [-0.2, 0) is 6.54 Å². The third-order valence-electron chi connectivity index (χ3n) is 4.29. The van der Waals surface area contributed by atoms with E-state index in [1.165, 1.54) is 33.6 Å². The van der Waals surface area contributed by atoms with E-state index in [-0.39, 0.29) is 0 Å². The van der Waals surface area contributed by atoms with Gasteiger partial charge in [-0.1, -0.05) is 55.0 Å². The van der Waals surface area contributed by atoms with Crippen LogP contribution < -0.4 is 4.57 Å². The second kappa shape index (κ2) is 6.57. The zero-order chi connectivity index (χ0) is 16.4. The fourth-order valence-electron chi connectivity index (χ4n) is 3.02. The maximum atomic E-state index is 4.15. The number of fused-ring (bicyclic) bond motifs is 2. The SMILES string of the molecule is CCCC[n+]1c(/C=C/c2cccc3cn[nH]c23)sc2ccccc21. The summed E-state index contributed by atoms with van der Waals surface area (Å²) >= 11 is 1.85. The highest BCUT2D eigenvalue weighted by molar-refractivity contribution is 7.18. The Morgan fingerprint density at radius 3 is 2.96 bits per heavy atom. The van der Waals surface area contributed by atoms with Crippen LogP contribution in [0, 0.1) is 0 Å². The second-order valence-corrected chi connectivity index (χ2v) is 6.99. The van der Waals surface area contributed by atoms with E-state index in [0.29, 0.717) is 0 Å². The first-order chi connectivity index (χ1) is 11.9. The summed E-state index contributed by atoms with van der Waals surface area (Å²) in [5.74, 6) is 0. The number of hydrogen-bond donors (Lipinski definition) is 1. The Morgan fingerprint density at radius 2 is 2.04 bits per heavy atom. The molecule has 1 N–H and O–H groups in total. The third kappa shape index (κ3) is 2.74. The summed E-state index contributed by atoms with van der Waals surface area (Å²) in [5, 5.41) is 9.68. The fourth-order valence-corrected chi connectivity index (χ4v) is 4.11. The normalized spacial score (nSPS) is 11.9. The lowest BCUT2D eigenvalue weighted by molar-refractivity contribution is -0.669. The first-order valence-corrected chi connectivity index (χ1v) is 9.20. The molecule has 4 aromatic rings. The van der Waals surface area contributed by atoms with Crippen molar-refractivity contribution < 1.29 is 4.57 Å². The van der Waals surface area contributed by atoms with E-state index in [1.54, 1.807) is 0 Å². The average molecular weight is 334 g/mol. The molecule has 0 aliphatic heterocycles. The third-order valence-corrected chi connectivity index (χ3v) is 5.42. The standard InChI is InChI=1S/C20H19N3S/c1-2-3-13-23-17-9-4-5-10-18(17)24-19(23)12-11-15-7-6-8-16-14-21-22-20(15)16/h4-12,14H,2-3,13H2,1H3/p+1. The van der Waals surface area contributed by atoms with Gasteiger partial charge in [0.05, 0.1) is 11.7 Å².